The van der Waals surface area contributed by atoms with Gasteiger partial charge in [0, 0.05) is 18.8 Å². The quantitative estimate of drug-likeness (QED) is 0.281. The second-order valence-corrected chi connectivity index (χ2v) is 28.8. The van der Waals surface area contributed by atoms with Gasteiger partial charge in [0.05, 0.1) is 18.3 Å². The van der Waals surface area contributed by atoms with Crippen LogP contribution in [-0.2, 0) is 8.85 Å². The van der Waals surface area contributed by atoms with Crippen LogP contribution in [0.1, 0.15) is 61.3 Å². The lowest BCUT2D eigenvalue weighted by molar-refractivity contribution is -0.0392. The van der Waals surface area contributed by atoms with E-state index in [0.717, 1.165) is 6.42 Å². The van der Waals surface area contributed by atoms with Crippen LogP contribution in [0.2, 0.25) is 55.9 Å². The maximum atomic E-state index is 10.8. The molecule has 0 aliphatic heterocycles. The van der Waals surface area contributed by atoms with Crippen molar-refractivity contribution in [3.8, 4) is 23.3 Å². The topological polar surface area (TPSA) is 38.7 Å². The number of rotatable bonds is 6. The minimum absolute atomic E-state index is 0.00504. The molecule has 0 spiro atoms. The molecular weight excluding hydrogens is 481 g/mol. The maximum Gasteiger partial charge on any atom is 0.192 e. The molecular formula is C29H54O3Si3. The van der Waals surface area contributed by atoms with Gasteiger partial charge in [0.15, 0.2) is 16.6 Å². The van der Waals surface area contributed by atoms with Crippen molar-refractivity contribution in [3.05, 3.63) is 12.2 Å². The predicted octanol–water partition coefficient (Wildman–Crippen LogP) is 7.62. The van der Waals surface area contributed by atoms with Crippen LogP contribution in [-0.4, -0.2) is 48.1 Å². The van der Waals surface area contributed by atoms with Crippen molar-refractivity contribution in [3.63, 3.8) is 0 Å². The van der Waals surface area contributed by atoms with Crippen molar-refractivity contribution in [2.75, 3.05) is 6.61 Å². The molecule has 0 aromatic rings. The number of aliphatic hydroxyl groups is 1. The molecule has 1 N–H and O–H groups in total. The Balaban J connectivity index is 3.30. The Bertz CT molecular complexity index is 864. The first-order valence-electron chi connectivity index (χ1n) is 13.2. The summed E-state index contributed by atoms with van der Waals surface area (Å²) in [6, 6.07) is 0. The normalized spacial score (nSPS) is 26.3. The third-order valence-corrected chi connectivity index (χ3v) is 18.3. The first-order valence-corrected chi connectivity index (χ1v) is 22.6. The Morgan fingerprint density at radius 1 is 0.886 bits per heavy atom. The van der Waals surface area contributed by atoms with Gasteiger partial charge in [0.25, 0.3) is 0 Å². The Morgan fingerprint density at radius 2 is 1.40 bits per heavy atom. The fourth-order valence-corrected chi connectivity index (χ4v) is 7.60. The van der Waals surface area contributed by atoms with Crippen LogP contribution in [0.5, 0.6) is 0 Å². The summed E-state index contributed by atoms with van der Waals surface area (Å²) in [5.41, 5.74) is 2.72. The molecule has 0 saturated heterocycles. The van der Waals surface area contributed by atoms with E-state index in [1.54, 1.807) is 0 Å². The molecule has 0 radical (unpaired) electrons. The molecule has 0 unspecified atom stereocenters. The Morgan fingerprint density at radius 3 is 1.86 bits per heavy atom. The van der Waals surface area contributed by atoms with Crippen molar-refractivity contribution >= 4 is 24.7 Å². The van der Waals surface area contributed by atoms with Gasteiger partial charge in [-0.3, -0.25) is 0 Å². The number of allylic oxidation sites excluding steroid dienone is 2. The summed E-state index contributed by atoms with van der Waals surface area (Å²) in [7, 11) is -5.46. The van der Waals surface area contributed by atoms with Crippen LogP contribution in [0, 0.1) is 35.1 Å². The van der Waals surface area contributed by atoms with Gasteiger partial charge in [0.1, 0.15) is 8.07 Å². The summed E-state index contributed by atoms with van der Waals surface area (Å²) in [5, 5.41) is 11.0. The van der Waals surface area contributed by atoms with Gasteiger partial charge >= 0.3 is 0 Å². The monoisotopic (exact) mass is 534 g/mol. The lowest BCUT2D eigenvalue weighted by Gasteiger charge is -2.46. The second kappa shape index (κ2) is 11.4. The molecule has 200 valence electrons. The maximum absolute atomic E-state index is 10.8. The van der Waals surface area contributed by atoms with Gasteiger partial charge in [-0.2, -0.15) is 0 Å². The molecule has 1 rings (SSSR count). The molecule has 0 heterocycles. The third-order valence-electron chi connectivity index (χ3n) is 8.35. The van der Waals surface area contributed by atoms with E-state index in [4.69, 9.17) is 8.85 Å². The van der Waals surface area contributed by atoms with E-state index >= 15 is 0 Å². The lowest BCUT2D eigenvalue weighted by atomic mass is 9.84. The molecule has 1 saturated carbocycles. The van der Waals surface area contributed by atoms with Crippen molar-refractivity contribution in [1.29, 1.82) is 0 Å². The molecule has 0 aromatic heterocycles. The summed E-state index contributed by atoms with van der Waals surface area (Å²) >= 11 is 0. The van der Waals surface area contributed by atoms with E-state index in [9.17, 15) is 5.11 Å². The second-order valence-electron chi connectivity index (χ2n) is 14.5. The highest BCUT2D eigenvalue weighted by atomic mass is 28.4. The Labute approximate surface area is 221 Å². The highest BCUT2D eigenvalue weighted by Gasteiger charge is 2.57. The standard InChI is InChI=1S/C29H54O3Si3/c1-24-25(20-18-16-15-17-19-21-33(8,9)10)29(23-30,32-35(13,14)28(5,6)7)22-26(24)31-34(11,12)27(2,3)4/h15,17,24-26,30H,20,22-23H2,1-14H3/b17-15-/t24-,25-,26-,29-/m0/s1. The van der Waals surface area contributed by atoms with Gasteiger partial charge in [0.2, 0.25) is 0 Å². The summed E-state index contributed by atoms with van der Waals surface area (Å²) in [6.45, 7) is 31.8. The largest absolute Gasteiger partial charge is 0.414 e. The molecule has 1 aliphatic rings. The first-order chi connectivity index (χ1) is 15.6. The molecule has 6 heteroatoms. The molecule has 3 nitrogen and oxygen atoms in total. The zero-order valence-corrected chi connectivity index (χ0v) is 28.3. The highest BCUT2D eigenvalue weighted by Crippen LogP contribution is 2.52. The van der Waals surface area contributed by atoms with Crippen molar-refractivity contribution in [2.45, 2.75) is 129 Å². The summed E-state index contributed by atoms with van der Waals surface area (Å²) < 4.78 is 14.0. The van der Waals surface area contributed by atoms with Crippen LogP contribution < -0.4 is 0 Å². The molecule has 35 heavy (non-hydrogen) atoms. The first kappa shape index (κ1) is 32.4. The van der Waals surface area contributed by atoms with Crippen LogP contribution in [0.3, 0.4) is 0 Å². The highest BCUT2D eigenvalue weighted by molar-refractivity contribution is 6.83. The Kier molecular flexibility index (Phi) is 10.6. The number of hydrogen-bond acceptors (Lipinski definition) is 3. The zero-order chi connectivity index (χ0) is 27.5. The summed E-state index contributed by atoms with van der Waals surface area (Å²) in [4.78, 5) is 0. The summed E-state index contributed by atoms with van der Waals surface area (Å²) in [5.74, 6) is 10.1. The van der Waals surface area contributed by atoms with Crippen LogP contribution >= 0.6 is 0 Å². The van der Waals surface area contributed by atoms with E-state index in [1.165, 1.54) is 0 Å². The SMILES string of the molecule is C[C@@H]1[C@@H](O[Si](C)(C)C(C)(C)C)C[C@@](CO)(O[Si](C)(C)C(C)(C)C)[C@H]1CC#C/C=C\C#C[Si](C)(C)C. The summed E-state index contributed by atoms with van der Waals surface area (Å²) in [6.07, 6.45) is 5.19. The lowest BCUT2D eigenvalue weighted by Crippen LogP contribution is -2.54. The average molecular weight is 535 g/mol. The number of hydrogen-bond donors (Lipinski definition) is 1. The van der Waals surface area contributed by atoms with E-state index in [2.05, 4.69) is 118 Å². The van der Waals surface area contributed by atoms with Gasteiger partial charge in [-0.1, -0.05) is 85.9 Å². The van der Waals surface area contributed by atoms with E-state index in [1.807, 2.05) is 12.2 Å². The molecule has 1 fully saturated rings. The minimum Gasteiger partial charge on any atom is -0.414 e. The fourth-order valence-electron chi connectivity index (χ4n) is 4.05. The van der Waals surface area contributed by atoms with E-state index in [0.29, 0.717) is 6.42 Å². The average Bonchev–Trinajstić information content (AvgIpc) is 2.89. The van der Waals surface area contributed by atoms with Gasteiger partial charge < -0.3 is 14.0 Å². The van der Waals surface area contributed by atoms with E-state index in [-0.39, 0.29) is 34.6 Å². The number of aliphatic hydroxyl groups excluding tert-OH is 1. The van der Waals surface area contributed by atoms with Crippen LogP contribution in [0.25, 0.3) is 0 Å². The molecule has 0 amide bonds. The minimum atomic E-state index is -2.12. The van der Waals surface area contributed by atoms with Crippen LogP contribution in [0.15, 0.2) is 12.2 Å². The predicted molar refractivity (Wildman–Crippen MR) is 160 cm³/mol. The molecule has 0 aromatic carbocycles. The van der Waals surface area contributed by atoms with E-state index < -0.39 is 30.3 Å². The molecule has 4 atom stereocenters. The zero-order valence-electron chi connectivity index (χ0n) is 25.3. The van der Waals surface area contributed by atoms with Crippen LogP contribution in [0.4, 0.5) is 0 Å². The van der Waals surface area contributed by atoms with Crippen molar-refractivity contribution in [1.82, 2.24) is 0 Å². The molecule has 1 aliphatic carbocycles. The third kappa shape index (κ3) is 8.73. The Hall–Kier alpha value is -0.609. The van der Waals surface area contributed by atoms with Crippen molar-refractivity contribution < 1.29 is 14.0 Å². The van der Waals surface area contributed by atoms with Crippen molar-refractivity contribution in [2.24, 2.45) is 11.8 Å². The van der Waals surface area contributed by atoms with Gasteiger partial charge in [-0.05, 0) is 54.3 Å². The van der Waals surface area contributed by atoms with Gasteiger partial charge in [-0.15, -0.1) is 5.54 Å². The fraction of sp³-hybridized carbons (Fsp3) is 0.793. The van der Waals surface area contributed by atoms with Gasteiger partial charge in [-0.25, -0.2) is 0 Å². The smallest absolute Gasteiger partial charge is 0.192 e. The molecule has 0 bridgehead atoms.